The standard InChI is InChI=1S/C24H31N3O3S/c1-2-3-9-18-30-21-13-8-7-12-20(21)23(29)26-24(31)27(17-15-22(25)28)16-14-19-10-5-4-6-11-19/h4-8,10-13H,2-3,9,14-18H2,1H3,(H2,25,28)(H,26,29,31). The van der Waals surface area contributed by atoms with Gasteiger partial charge in [-0.05, 0) is 42.8 Å². The lowest BCUT2D eigenvalue weighted by Gasteiger charge is -2.25. The van der Waals surface area contributed by atoms with Gasteiger partial charge in [0.1, 0.15) is 5.75 Å². The summed E-state index contributed by atoms with van der Waals surface area (Å²) in [6.45, 7) is 3.59. The molecule has 6 nitrogen and oxygen atoms in total. The van der Waals surface area contributed by atoms with Gasteiger partial charge in [-0.1, -0.05) is 62.2 Å². The molecule has 0 saturated carbocycles. The Labute approximate surface area is 189 Å². The van der Waals surface area contributed by atoms with Crippen LogP contribution in [-0.2, 0) is 11.2 Å². The van der Waals surface area contributed by atoms with Crippen molar-refractivity contribution in [2.75, 3.05) is 19.7 Å². The molecule has 2 rings (SSSR count). The SMILES string of the molecule is CCCCCOc1ccccc1C(=O)NC(=S)N(CCC(N)=O)CCc1ccccc1. The summed E-state index contributed by atoms with van der Waals surface area (Å²) >= 11 is 5.49. The molecule has 166 valence electrons. The molecule has 0 saturated heterocycles. The van der Waals surface area contributed by atoms with Gasteiger partial charge in [0, 0.05) is 19.5 Å². The molecule has 0 aliphatic carbocycles. The van der Waals surface area contributed by atoms with Gasteiger partial charge in [0.15, 0.2) is 5.11 Å². The predicted molar refractivity (Wildman–Crippen MR) is 127 cm³/mol. The molecule has 2 aromatic rings. The van der Waals surface area contributed by atoms with E-state index in [9.17, 15) is 9.59 Å². The van der Waals surface area contributed by atoms with Crippen LogP contribution < -0.4 is 15.8 Å². The molecule has 0 heterocycles. The molecular weight excluding hydrogens is 410 g/mol. The van der Waals surface area contributed by atoms with Gasteiger partial charge in [-0.25, -0.2) is 0 Å². The van der Waals surface area contributed by atoms with Gasteiger partial charge in [0.2, 0.25) is 5.91 Å². The zero-order valence-electron chi connectivity index (χ0n) is 18.0. The van der Waals surface area contributed by atoms with Crippen molar-refractivity contribution >= 4 is 29.1 Å². The van der Waals surface area contributed by atoms with Crippen LogP contribution in [0.25, 0.3) is 0 Å². The summed E-state index contributed by atoms with van der Waals surface area (Å²) in [5, 5.41) is 3.05. The van der Waals surface area contributed by atoms with E-state index in [2.05, 4.69) is 12.2 Å². The minimum absolute atomic E-state index is 0.155. The third-order valence-electron chi connectivity index (χ3n) is 4.79. The topological polar surface area (TPSA) is 84.7 Å². The number of para-hydroxylation sites is 1. The van der Waals surface area contributed by atoms with E-state index in [1.807, 2.05) is 36.4 Å². The molecule has 3 N–H and O–H groups in total. The van der Waals surface area contributed by atoms with Crippen LogP contribution in [0.2, 0.25) is 0 Å². The lowest BCUT2D eigenvalue weighted by Crippen LogP contribution is -2.44. The van der Waals surface area contributed by atoms with Gasteiger partial charge in [-0.15, -0.1) is 0 Å². The summed E-state index contributed by atoms with van der Waals surface area (Å²) in [5.74, 6) is -0.212. The number of benzene rings is 2. The van der Waals surface area contributed by atoms with E-state index in [4.69, 9.17) is 22.7 Å². The van der Waals surface area contributed by atoms with Gasteiger partial charge in [0.05, 0.1) is 12.2 Å². The summed E-state index contributed by atoms with van der Waals surface area (Å²) < 4.78 is 5.81. The molecular formula is C24H31N3O3S. The highest BCUT2D eigenvalue weighted by Crippen LogP contribution is 2.18. The molecule has 0 aliphatic rings. The third kappa shape index (κ3) is 8.76. The van der Waals surface area contributed by atoms with Crippen LogP contribution >= 0.6 is 12.2 Å². The Morgan fingerprint density at radius 3 is 2.45 bits per heavy atom. The minimum atomic E-state index is -0.412. The van der Waals surface area contributed by atoms with Crippen LogP contribution in [0.15, 0.2) is 54.6 Å². The fourth-order valence-electron chi connectivity index (χ4n) is 3.03. The highest BCUT2D eigenvalue weighted by atomic mass is 32.1. The highest BCUT2D eigenvalue weighted by molar-refractivity contribution is 7.80. The number of carbonyl (C=O) groups excluding carboxylic acids is 2. The number of unbranched alkanes of at least 4 members (excludes halogenated alkanes) is 2. The molecule has 0 aromatic heterocycles. The Kier molecular flexibility index (Phi) is 10.5. The number of amides is 2. The van der Waals surface area contributed by atoms with Crippen molar-refractivity contribution in [3.63, 3.8) is 0 Å². The number of nitrogens with one attached hydrogen (secondary N) is 1. The molecule has 0 radical (unpaired) electrons. The van der Waals surface area contributed by atoms with E-state index in [1.165, 1.54) is 0 Å². The quantitative estimate of drug-likeness (QED) is 0.388. The van der Waals surface area contributed by atoms with Gasteiger partial charge < -0.3 is 15.4 Å². The second-order valence-corrected chi connectivity index (χ2v) is 7.64. The maximum atomic E-state index is 12.9. The lowest BCUT2D eigenvalue weighted by molar-refractivity contribution is -0.118. The van der Waals surface area contributed by atoms with E-state index in [1.54, 1.807) is 23.1 Å². The van der Waals surface area contributed by atoms with Crippen LogP contribution in [0.4, 0.5) is 0 Å². The molecule has 0 atom stereocenters. The highest BCUT2D eigenvalue weighted by Gasteiger charge is 2.17. The number of hydrogen-bond donors (Lipinski definition) is 2. The first-order valence-electron chi connectivity index (χ1n) is 10.7. The van der Waals surface area contributed by atoms with Crippen LogP contribution in [-0.4, -0.2) is 41.5 Å². The van der Waals surface area contributed by atoms with E-state index in [0.717, 1.165) is 31.2 Å². The maximum Gasteiger partial charge on any atom is 0.261 e. The molecule has 2 aromatic carbocycles. The molecule has 31 heavy (non-hydrogen) atoms. The van der Waals surface area contributed by atoms with Gasteiger partial charge >= 0.3 is 0 Å². The minimum Gasteiger partial charge on any atom is -0.493 e. The summed E-state index contributed by atoms with van der Waals surface area (Å²) in [4.78, 5) is 26.0. The Morgan fingerprint density at radius 1 is 1.03 bits per heavy atom. The Morgan fingerprint density at radius 2 is 1.74 bits per heavy atom. The summed E-state index contributed by atoms with van der Waals surface area (Å²) in [7, 11) is 0. The van der Waals surface area contributed by atoms with E-state index < -0.39 is 5.91 Å². The molecule has 0 aliphatic heterocycles. The number of primary amides is 1. The number of nitrogens with two attached hydrogens (primary N) is 1. The summed E-state index contributed by atoms with van der Waals surface area (Å²) in [5.41, 5.74) is 6.89. The number of hydrogen-bond acceptors (Lipinski definition) is 4. The van der Waals surface area contributed by atoms with E-state index in [-0.39, 0.29) is 17.4 Å². The fraction of sp³-hybridized carbons (Fsp3) is 0.375. The van der Waals surface area contributed by atoms with Crippen LogP contribution in [0.3, 0.4) is 0 Å². The van der Waals surface area contributed by atoms with Crippen molar-refractivity contribution in [3.8, 4) is 5.75 Å². The predicted octanol–water partition coefficient (Wildman–Crippen LogP) is 3.69. The Hall–Kier alpha value is -2.93. The van der Waals surface area contributed by atoms with Crippen molar-refractivity contribution < 1.29 is 14.3 Å². The molecule has 0 spiro atoms. The zero-order chi connectivity index (χ0) is 22.5. The number of carbonyl (C=O) groups is 2. The van der Waals surface area contributed by atoms with Crippen LogP contribution in [0, 0.1) is 0 Å². The molecule has 0 bridgehead atoms. The monoisotopic (exact) mass is 441 g/mol. The largest absolute Gasteiger partial charge is 0.493 e. The second-order valence-electron chi connectivity index (χ2n) is 7.25. The zero-order valence-corrected chi connectivity index (χ0v) is 18.8. The normalized spacial score (nSPS) is 10.4. The number of nitrogens with zero attached hydrogens (tertiary/aromatic N) is 1. The van der Waals surface area contributed by atoms with Crippen molar-refractivity contribution in [2.24, 2.45) is 5.73 Å². The molecule has 7 heteroatoms. The van der Waals surface area contributed by atoms with Crippen molar-refractivity contribution in [1.82, 2.24) is 10.2 Å². The first kappa shape index (κ1) is 24.3. The molecule has 2 amide bonds. The van der Waals surface area contributed by atoms with Crippen molar-refractivity contribution in [3.05, 3.63) is 65.7 Å². The lowest BCUT2D eigenvalue weighted by atomic mass is 10.1. The third-order valence-corrected chi connectivity index (χ3v) is 5.15. The van der Waals surface area contributed by atoms with Crippen molar-refractivity contribution in [2.45, 2.75) is 39.0 Å². The Balaban J connectivity index is 2.02. The maximum absolute atomic E-state index is 12.9. The average molecular weight is 442 g/mol. The summed E-state index contributed by atoms with van der Waals surface area (Å²) in [6.07, 6.45) is 4.00. The number of rotatable bonds is 12. The average Bonchev–Trinajstić information content (AvgIpc) is 2.77. The molecule has 0 unspecified atom stereocenters. The second kappa shape index (κ2) is 13.4. The van der Waals surface area contributed by atoms with Gasteiger partial charge in [-0.3, -0.25) is 14.9 Å². The van der Waals surface area contributed by atoms with Crippen molar-refractivity contribution in [1.29, 1.82) is 0 Å². The first-order valence-corrected chi connectivity index (χ1v) is 11.1. The number of ether oxygens (including phenoxy) is 1. The molecule has 0 fully saturated rings. The van der Waals surface area contributed by atoms with E-state index >= 15 is 0 Å². The van der Waals surface area contributed by atoms with Gasteiger partial charge in [0.25, 0.3) is 5.91 Å². The Bertz CT molecular complexity index is 858. The smallest absolute Gasteiger partial charge is 0.261 e. The number of thiocarbonyl (C=S) groups is 1. The van der Waals surface area contributed by atoms with E-state index in [0.29, 0.717) is 31.0 Å². The van der Waals surface area contributed by atoms with Crippen LogP contribution in [0.5, 0.6) is 5.75 Å². The van der Waals surface area contributed by atoms with Crippen LogP contribution in [0.1, 0.15) is 48.5 Å². The first-order chi connectivity index (χ1) is 15.0. The fourth-order valence-corrected chi connectivity index (χ4v) is 3.30. The summed E-state index contributed by atoms with van der Waals surface area (Å²) in [6, 6.07) is 17.1. The van der Waals surface area contributed by atoms with Gasteiger partial charge in [-0.2, -0.15) is 0 Å².